The molecule has 0 radical (unpaired) electrons. The first-order valence-corrected chi connectivity index (χ1v) is 37.3. The zero-order chi connectivity index (χ0) is 84.7. The molecule has 43 heteroatoms. The number of carbonyl (C=O) groups is 4. The van der Waals surface area contributed by atoms with Gasteiger partial charge in [0.15, 0.2) is 35.1 Å². The number of ether oxygens (including phenoxy) is 2. The van der Waals surface area contributed by atoms with Crippen molar-refractivity contribution >= 4 is 70.5 Å². The summed E-state index contributed by atoms with van der Waals surface area (Å²) >= 11 is 13.6. The van der Waals surface area contributed by atoms with Gasteiger partial charge in [-0.3, -0.25) is 24.8 Å². The Labute approximate surface area is 671 Å². The molecule has 0 unspecified atom stereocenters. The first-order valence-electron chi connectivity index (χ1n) is 36.6. The lowest BCUT2D eigenvalue weighted by Gasteiger charge is -2.37. The summed E-state index contributed by atoms with van der Waals surface area (Å²) in [6.45, 7) is 5.82. The summed E-state index contributed by atoms with van der Waals surface area (Å²) in [5, 5.41) is 51.6. The third-order valence-corrected chi connectivity index (χ3v) is 21.6. The van der Waals surface area contributed by atoms with Crippen LogP contribution in [0.1, 0.15) is 154 Å². The molecule has 0 bridgehead atoms. The molecular formula is C75H72Cl2F13N21O7. The van der Waals surface area contributed by atoms with E-state index in [0.717, 1.165) is 36.0 Å². The van der Waals surface area contributed by atoms with E-state index in [1.54, 1.807) is 111 Å². The Morgan fingerprint density at radius 2 is 1.17 bits per heavy atom. The second-order valence-electron chi connectivity index (χ2n) is 31.0. The maximum atomic E-state index is 16.5. The summed E-state index contributed by atoms with van der Waals surface area (Å²) < 4.78 is 202. The predicted octanol–water partition coefficient (Wildman–Crippen LogP) is 13.6. The van der Waals surface area contributed by atoms with E-state index in [0.29, 0.717) is 21.6 Å². The van der Waals surface area contributed by atoms with Gasteiger partial charge in [-0.2, -0.15) is 49.7 Å². The van der Waals surface area contributed by atoms with E-state index in [1.165, 1.54) is 42.5 Å². The average molecular weight is 1700 g/mol. The van der Waals surface area contributed by atoms with Crippen LogP contribution in [0.15, 0.2) is 127 Å². The minimum Gasteiger partial charge on any atom is -0.447 e. The molecule has 4 amide bonds. The predicted molar refractivity (Wildman–Crippen MR) is 394 cm³/mol. The van der Waals surface area contributed by atoms with Crippen LogP contribution in [0.5, 0.6) is 0 Å². The normalized spacial score (nSPS) is 19.2. The van der Waals surface area contributed by atoms with E-state index in [-0.39, 0.29) is 113 Å². The Balaban J connectivity index is 0.826. The number of aliphatic imine (C=N–C) groups is 1. The fraction of sp³-hybridized carbons (Fsp3) is 0.413. The highest BCUT2D eigenvalue weighted by Gasteiger charge is 2.65. The van der Waals surface area contributed by atoms with Gasteiger partial charge in [0.25, 0.3) is 24.7 Å². The molecular weight excluding hydrogens is 1620 g/mol. The second-order valence-corrected chi connectivity index (χ2v) is 31.8. The third kappa shape index (κ3) is 16.2. The quantitative estimate of drug-likeness (QED) is 0.0372. The number of alkyl carbamates (subject to hydrolysis) is 1. The number of aliphatic hydroxyl groups excluding tert-OH is 1. The third-order valence-electron chi connectivity index (χ3n) is 20.9. The second kappa shape index (κ2) is 31.1. The molecule has 624 valence electrons. The van der Waals surface area contributed by atoms with Crippen molar-refractivity contribution in [1.29, 1.82) is 5.41 Å². The number of rotatable bonds is 23. The maximum absolute atomic E-state index is 16.5. The Kier molecular flexibility index (Phi) is 21.9. The Hall–Kier alpha value is -11.5. The van der Waals surface area contributed by atoms with E-state index >= 15 is 18.4 Å². The molecule has 2 saturated heterocycles. The highest BCUT2D eigenvalue weighted by molar-refractivity contribution is 6.32. The first kappa shape index (κ1) is 83.0. The van der Waals surface area contributed by atoms with Crippen molar-refractivity contribution in [2.24, 2.45) is 15.8 Å². The van der Waals surface area contributed by atoms with E-state index in [4.69, 9.17) is 32.7 Å². The van der Waals surface area contributed by atoms with Crippen LogP contribution in [0.25, 0.3) is 11.4 Å². The molecule has 5 aromatic carbocycles. The van der Waals surface area contributed by atoms with Gasteiger partial charge < -0.3 is 49.5 Å². The lowest BCUT2D eigenvalue weighted by Crippen LogP contribution is -2.49. The molecule has 5 N–H and O–H groups in total. The van der Waals surface area contributed by atoms with Gasteiger partial charge in [0.1, 0.15) is 36.2 Å². The summed E-state index contributed by atoms with van der Waals surface area (Å²) in [4.78, 5) is 77.6. The van der Waals surface area contributed by atoms with Gasteiger partial charge in [-0.15, -0.1) is 25.4 Å². The number of amides is 4. The van der Waals surface area contributed by atoms with Crippen molar-refractivity contribution in [2.75, 3.05) is 36.1 Å². The van der Waals surface area contributed by atoms with Gasteiger partial charge in [0.05, 0.1) is 53.2 Å². The number of fused-ring (bicyclic) bond motifs is 2. The summed E-state index contributed by atoms with van der Waals surface area (Å²) in [5.74, 6) is -7.54. The van der Waals surface area contributed by atoms with Crippen LogP contribution in [-0.4, -0.2) is 148 Å². The summed E-state index contributed by atoms with van der Waals surface area (Å²) in [5.41, 5.74) is -7.79. The van der Waals surface area contributed by atoms with Gasteiger partial charge >= 0.3 is 30.7 Å². The highest BCUT2D eigenvalue weighted by atomic mass is 35.5. The molecule has 4 aromatic heterocycles. The lowest BCUT2D eigenvalue weighted by molar-refractivity contribution is -0.164. The van der Waals surface area contributed by atoms with Crippen LogP contribution in [-0.2, 0) is 81.7 Å². The first-order chi connectivity index (χ1) is 55.6. The van der Waals surface area contributed by atoms with E-state index in [1.807, 2.05) is 5.32 Å². The molecule has 8 heterocycles. The van der Waals surface area contributed by atoms with Crippen molar-refractivity contribution < 1.29 is 90.8 Å². The molecule has 3 fully saturated rings. The molecule has 1 saturated carbocycles. The number of alkyl halides is 13. The van der Waals surface area contributed by atoms with Gasteiger partial charge in [0.2, 0.25) is 17.6 Å². The van der Waals surface area contributed by atoms with Crippen molar-refractivity contribution in [2.45, 2.75) is 160 Å². The monoisotopic (exact) mass is 1700 g/mol. The molecule has 4 atom stereocenters. The topological polar surface area (TPSA) is 315 Å². The van der Waals surface area contributed by atoms with Gasteiger partial charge in [0, 0.05) is 44.0 Å². The fourth-order valence-corrected chi connectivity index (χ4v) is 15.9. The van der Waals surface area contributed by atoms with Crippen LogP contribution in [0.4, 0.5) is 78.0 Å². The number of guanidine groups is 2. The number of aliphatic hydroxyl groups is 1. The number of hydrogen-bond donors (Lipinski definition) is 5. The van der Waals surface area contributed by atoms with Crippen LogP contribution >= 0.6 is 23.2 Å². The summed E-state index contributed by atoms with van der Waals surface area (Å²) in [7, 11) is 0. The van der Waals surface area contributed by atoms with Crippen molar-refractivity contribution in [3.8, 4) is 11.4 Å². The molecule has 1 aliphatic carbocycles. The smallest absolute Gasteiger partial charge is 0.447 e. The largest absolute Gasteiger partial charge is 0.451 e. The molecule has 0 spiro atoms. The van der Waals surface area contributed by atoms with Crippen LogP contribution in [0, 0.1) is 16.2 Å². The van der Waals surface area contributed by atoms with Crippen molar-refractivity contribution in [1.82, 2.24) is 84.8 Å². The standard InChI is InChI=1S/C75H72Cl2F13N21O7/c1-68(2,3)37-71(43-13-17-45(18-14-43)104-25-27-106-54(32-104)99-101-60(106)73(82,83)84)62(113)108(64(91)96-71)52(36-118-67(116)98-70(23-24-70)75(88,89)90)42-12-22-48(77)50(30-42)111-59(57(80)81)94-53(103-111)31-69(4,5)38-72(44-15-19-46(20-16-44)105-26-28-107-55(33-105)100-102-61(107)74(85,86)87)63(114)109(65(97-72)95-66(115)117-35-40-9-7-6-8-10-40)51(34-112)41-11-21-47(76)49(29-41)110-58(56(78)79)92-39-93-110/h6-22,29-30,39,51-52,56-57,112H,23-28,31-38H2,1-5H3,(H2,91,96)(H,98,116)(H,95,97,115)/t51-,52-,71-,72-/m1/s1. The zero-order valence-electron chi connectivity index (χ0n) is 62.9. The summed E-state index contributed by atoms with van der Waals surface area (Å²) in [6.07, 6.45) is -25.1. The lowest BCUT2D eigenvalue weighted by atomic mass is 9.72. The molecule has 5 aliphatic rings. The fourth-order valence-electron chi connectivity index (χ4n) is 15.5. The van der Waals surface area contributed by atoms with Gasteiger partial charge in [-0.1, -0.05) is 125 Å². The number of nitrogens with zero attached hydrogens (tertiary/aromatic N) is 17. The Morgan fingerprint density at radius 3 is 1.68 bits per heavy atom. The van der Waals surface area contributed by atoms with E-state index in [2.05, 4.69) is 56.2 Å². The number of carbonyl (C=O) groups excluding carboxylic acids is 4. The number of halogens is 15. The summed E-state index contributed by atoms with van der Waals surface area (Å²) in [6, 6.07) is 25.1. The number of hydrogen-bond acceptors (Lipinski definition) is 18. The molecule has 9 aromatic rings. The SMILES string of the molecule is CC(C)(C)C[C@]1(c2ccc(N3CCn4c(nnc4C(F)(F)F)C3)cc2)NC(=N)N([C@H](COC(=O)NC2(C(F)(F)F)CC2)c2ccc(Cl)c(-n3nc(CC(C)(C)C[C@]4(c5ccc(N6CCn7c(nnc7C(F)(F)F)C6)cc5)NC(=NC(=O)OCc5ccccc5)N([C@H](CO)c5ccc(Cl)c(-n6ncnc6C(F)F)c5)C4=O)nc3C(F)F)c2)C1=O. The Bertz CT molecular complexity index is 5360. The minimum absolute atomic E-state index is 0.00392. The highest BCUT2D eigenvalue weighted by Crippen LogP contribution is 2.51. The minimum atomic E-state index is -4.92. The average Bonchev–Trinajstić information content (AvgIpc) is 1.57. The van der Waals surface area contributed by atoms with Crippen LogP contribution in [0.3, 0.4) is 0 Å². The molecule has 118 heavy (non-hydrogen) atoms. The molecule has 14 rings (SSSR count). The molecule has 4 aliphatic heterocycles. The van der Waals surface area contributed by atoms with E-state index in [9.17, 15) is 68.4 Å². The van der Waals surface area contributed by atoms with E-state index < -0.39 is 169 Å². The maximum Gasteiger partial charge on any atom is 0.451 e. The number of benzene rings is 5. The van der Waals surface area contributed by atoms with Gasteiger partial charge in [-0.05, 0) is 113 Å². The van der Waals surface area contributed by atoms with Gasteiger partial charge in [-0.25, -0.2) is 46.5 Å². The van der Waals surface area contributed by atoms with Crippen molar-refractivity contribution in [3.05, 3.63) is 200 Å². The van der Waals surface area contributed by atoms with Crippen molar-refractivity contribution in [3.63, 3.8) is 0 Å². The zero-order valence-corrected chi connectivity index (χ0v) is 64.4. The van der Waals surface area contributed by atoms with Crippen LogP contribution < -0.4 is 25.8 Å². The van der Waals surface area contributed by atoms with Crippen LogP contribution in [0.2, 0.25) is 10.0 Å². The number of anilines is 2. The number of aromatic nitrogens is 12. The molecule has 28 nitrogen and oxygen atoms in total. The number of nitrogens with one attached hydrogen (secondary N) is 4. The Morgan fingerprint density at radius 1 is 0.644 bits per heavy atom.